The van der Waals surface area contributed by atoms with Crippen molar-refractivity contribution in [3.8, 4) is 0 Å². The number of morpholine rings is 1. The lowest BCUT2D eigenvalue weighted by Gasteiger charge is -2.31. The Bertz CT molecular complexity index is 178. The molecule has 1 amide bonds. The summed E-state index contributed by atoms with van der Waals surface area (Å²) in [6.45, 7) is 3.49. The quantitative estimate of drug-likeness (QED) is 0.580. The summed E-state index contributed by atoms with van der Waals surface area (Å²) in [4.78, 5) is 13.2. The van der Waals surface area contributed by atoms with E-state index in [1.54, 1.807) is 0 Å². The molecule has 2 aliphatic heterocycles. The highest BCUT2D eigenvalue weighted by atomic mass is 16.5. The minimum Gasteiger partial charge on any atom is -0.379 e. The Morgan fingerprint density at radius 3 is 2.75 bits per heavy atom. The van der Waals surface area contributed by atoms with Crippen LogP contribution in [-0.2, 0) is 9.53 Å². The van der Waals surface area contributed by atoms with Gasteiger partial charge >= 0.3 is 0 Å². The zero-order chi connectivity index (χ0) is 8.39. The maximum atomic E-state index is 10.9. The lowest BCUT2D eigenvalue weighted by Crippen LogP contribution is -2.48. The Balaban J connectivity index is 1.86. The molecule has 0 bridgehead atoms. The van der Waals surface area contributed by atoms with Crippen LogP contribution in [0.2, 0.25) is 0 Å². The molecule has 2 aliphatic rings. The summed E-state index contributed by atoms with van der Waals surface area (Å²) in [5.74, 6) is 0.187. The summed E-state index contributed by atoms with van der Waals surface area (Å²) in [6, 6.07) is 0. The van der Waals surface area contributed by atoms with Crippen LogP contribution >= 0.6 is 0 Å². The van der Waals surface area contributed by atoms with Crippen LogP contribution in [-0.4, -0.2) is 43.3 Å². The second kappa shape index (κ2) is 3.41. The molecule has 68 valence electrons. The van der Waals surface area contributed by atoms with Crippen molar-refractivity contribution in [2.24, 2.45) is 0 Å². The highest BCUT2D eigenvalue weighted by Crippen LogP contribution is 2.12. The smallest absolute Gasteiger partial charge is 0.221 e. The van der Waals surface area contributed by atoms with Crippen LogP contribution in [0.1, 0.15) is 12.8 Å². The van der Waals surface area contributed by atoms with Gasteiger partial charge in [0.2, 0.25) is 5.91 Å². The van der Waals surface area contributed by atoms with Gasteiger partial charge in [-0.25, -0.2) is 0 Å². The molecule has 1 N–H and O–H groups in total. The van der Waals surface area contributed by atoms with Crippen molar-refractivity contribution in [3.63, 3.8) is 0 Å². The Labute approximate surface area is 71.9 Å². The molecular formula is C8H14N2O2. The first-order chi connectivity index (χ1) is 5.86. The van der Waals surface area contributed by atoms with E-state index in [0.29, 0.717) is 6.42 Å². The van der Waals surface area contributed by atoms with E-state index >= 15 is 0 Å². The van der Waals surface area contributed by atoms with Crippen LogP contribution in [0.5, 0.6) is 0 Å². The van der Waals surface area contributed by atoms with Gasteiger partial charge in [0.1, 0.15) is 0 Å². The number of hydrogen-bond acceptors (Lipinski definition) is 3. The number of nitrogens with zero attached hydrogens (tertiary/aromatic N) is 1. The topological polar surface area (TPSA) is 41.6 Å². The molecular weight excluding hydrogens is 156 g/mol. The molecule has 2 rings (SSSR count). The molecule has 4 heteroatoms. The zero-order valence-corrected chi connectivity index (χ0v) is 7.08. The van der Waals surface area contributed by atoms with E-state index in [1.165, 1.54) is 0 Å². The molecule has 2 heterocycles. The minimum atomic E-state index is 0.187. The molecule has 0 radical (unpaired) electrons. The third kappa shape index (κ3) is 1.59. The van der Waals surface area contributed by atoms with Gasteiger partial charge in [-0.3, -0.25) is 9.69 Å². The fourth-order valence-corrected chi connectivity index (χ4v) is 1.76. The van der Waals surface area contributed by atoms with E-state index in [4.69, 9.17) is 4.74 Å². The van der Waals surface area contributed by atoms with Gasteiger partial charge in [-0.15, -0.1) is 0 Å². The summed E-state index contributed by atoms with van der Waals surface area (Å²) in [6.07, 6.45) is 1.92. The number of amides is 1. The number of hydrogen-bond donors (Lipinski definition) is 1. The van der Waals surface area contributed by atoms with Crippen LogP contribution in [0.4, 0.5) is 0 Å². The molecule has 0 aromatic heterocycles. The number of rotatable bonds is 1. The summed E-state index contributed by atoms with van der Waals surface area (Å²) in [5.41, 5.74) is 0. The van der Waals surface area contributed by atoms with E-state index in [0.717, 1.165) is 32.7 Å². The maximum Gasteiger partial charge on any atom is 0.221 e. The van der Waals surface area contributed by atoms with Crippen molar-refractivity contribution < 1.29 is 9.53 Å². The Morgan fingerprint density at radius 1 is 1.42 bits per heavy atom. The Kier molecular flexibility index (Phi) is 2.28. The maximum absolute atomic E-state index is 10.9. The summed E-state index contributed by atoms with van der Waals surface area (Å²) < 4.78 is 5.23. The molecule has 0 spiro atoms. The number of carbonyl (C=O) groups excluding carboxylic acids is 1. The van der Waals surface area contributed by atoms with Crippen LogP contribution in [0.3, 0.4) is 0 Å². The lowest BCUT2D eigenvalue weighted by molar-refractivity contribution is -0.120. The molecule has 2 saturated heterocycles. The van der Waals surface area contributed by atoms with Crippen LogP contribution < -0.4 is 5.32 Å². The molecule has 12 heavy (non-hydrogen) atoms. The van der Waals surface area contributed by atoms with Gasteiger partial charge in [0.05, 0.1) is 19.4 Å². The van der Waals surface area contributed by atoms with Crippen molar-refractivity contribution in [2.75, 3.05) is 26.3 Å². The summed E-state index contributed by atoms with van der Waals surface area (Å²) in [7, 11) is 0. The predicted octanol–water partition coefficient (Wildman–Crippen LogP) is -0.445. The van der Waals surface area contributed by atoms with Gasteiger partial charge in [0, 0.05) is 19.5 Å². The molecule has 0 aromatic carbocycles. The monoisotopic (exact) mass is 170 g/mol. The largest absolute Gasteiger partial charge is 0.379 e. The van der Waals surface area contributed by atoms with Crippen molar-refractivity contribution in [2.45, 2.75) is 19.0 Å². The predicted molar refractivity (Wildman–Crippen MR) is 43.6 cm³/mol. The second-order valence-corrected chi connectivity index (χ2v) is 3.27. The zero-order valence-electron chi connectivity index (χ0n) is 7.08. The fraction of sp³-hybridized carbons (Fsp3) is 0.875. The number of nitrogens with one attached hydrogen (secondary N) is 1. The molecule has 4 nitrogen and oxygen atoms in total. The van der Waals surface area contributed by atoms with E-state index in [2.05, 4.69) is 10.2 Å². The fourth-order valence-electron chi connectivity index (χ4n) is 1.76. The van der Waals surface area contributed by atoms with Crippen LogP contribution in [0, 0.1) is 0 Å². The molecule has 1 atom stereocenters. The number of ether oxygens (including phenoxy) is 1. The molecule has 0 aliphatic carbocycles. The first-order valence-electron chi connectivity index (χ1n) is 4.47. The first kappa shape index (κ1) is 8.01. The van der Waals surface area contributed by atoms with Gasteiger partial charge in [0.15, 0.2) is 0 Å². The van der Waals surface area contributed by atoms with Crippen molar-refractivity contribution >= 4 is 5.91 Å². The summed E-state index contributed by atoms with van der Waals surface area (Å²) in [5, 5.41) is 2.96. The SMILES string of the molecule is O=C1CCC(N2CCOCC2)N1. The van der Waals surface area contributed by atoms with Gasteiger partial charge in [-0.2, -0.15) is 0 Å². The molecule has 1 unspecified atom stereocenters. The highest BCUT2D eigenvalue weighted by molar-refractivity contribution is 5.78. The van der Waals surface area contributed by atoms with Gasteiger partial charge in [-0.05, 0) is 6.42 Å². The Hall–Kier alpha value is -0.610. The number of carbonyl (C=O) groups is 1. The van der Waals surface area contributed by atoms with E-state index < -0.39 is 0 Å². The lowest BCUT2D eigenvalue weighted by atomic mass is 10.3. The normalized spacial score (nSPS) is 32.0. The van der Waals surface area contributed by atoms with Gasteiger partial charge in [0.25, 0.3) is 0 Å². The average molecular weight is 170 g/mol. The average Bonchev–Trinajstić information content (AvgIpc) is 2.54. The van der Waals surface area contributed by atoms with E-state index in [-0.39, 0.29) is 12.1 Å². The summed E-state index contributed by atoms with van der Waals surface area (Å²) >= 11 is 0. The third-order valence-corrected chi connectivity index (χ3v) is 2.46. The molecule has 0 aromatic rings. The standard InChI is InChI=1S/C8H14N2O2/c11-8-2-1-7(9-8)10-3-5-12-6-4-10/h7H,1-6H2,(H,9,11). The van der Waals surface area contributed by atoms with Crippen molar-refractivity contribution in [1.82, 2.24) is 10.2 Å². The second-order valence-electron chi connectivity index (χ2n) is 3.27. The van der Waals surface area contributed by atoms with Crippen LogP contribution in [0.15, 0.2) is 0 Å². The van der Waals surface area contributed by atoms with Crippen molar-refractivity contribution in [3.05, 3.63) is 0 Å². The van der Waals surface area contributed by atoms with Crippen molar-refractivity contribution in [1.29, 1.82) is 0 Å². The third-order valence-electron chi connectivity index (χ3n) is 2.46. The minimum absolute atomic E-state index is 0.187. The molecule has 0 saturated carbocycles. The first-order valence-corrected chi connectivity index (χ1v) is 4.47. The van der Waals surface area contributed by atoms with Crippen LogP contribution in [0.25, 0.3) is 0 Å². The highest BCUT2D eigenvalue weighted by Gasteiger charge is 2.27. The van der Waals surface area contributed by atoms with E-state index in [9.17, 15) is 4.79 Å². The van der Waals surface area contributed by atoms with Gasteiger partial charge < -0.3 is 10.1 Å². The Morgan fingerprint density at radius 2 is 2.17 bits per heavy atom. The van der Waals surface area contributed by atoms with Gasteiger partial charge in [-0.1, -0.05) is 0 Å². The molecule has 2 fully saturated rings. The van der Waals surface area contributed by atoms with E-state index in [1.807, 2.05) is 0 Å².